The Morgan fingerprint density at radius 3 is 1.20 bits per heavy atom. The van der Waals surface area contributed by atoms with Crippen LogP contribution in [-0.2, 0) is 198 Å². The molecule has 7 rings (SSSR count). The molecule has 0 aliphatic carbocycles. The van der Waals surface area contributed by atoms with Gasteiger partial charge >= 0.3 is 6.03 Å². The number of rotatable bonds is 60. The summed E-state index contributed by atoms with van der Waals surface area (Å²) in [4.78, 5) is 78.0. The molecule has 7 heterocycles. The summed E-state index contributed by atoms with van der Waals surface area (Å²) in [6.07, 6.45) is -45.2. The fourth-order valence-corrected chi connectivity index (χ4v) is 18.1. The van der Waals surface area contributed by atoms with E-state index in [0.717, 1.165) is 68.4 Å². The largest absolute Gasteiger partial charge is 0.726 e. The van der Waals surface area contributed by atoms with E-state index in [1.165, 1.54) is 0 Å². The highest BCUT2D eigenvalue weighted by atomic mass is 32.3. The molecule has 7 aliphatic heterocycles. The zero-order chi connectivity index (χ0) is 90.8. The minimum atomic E-state index is -5.90. The smallest absolute Gasteiger partial charge is 0.315 e. The molecule has 5 amide bonds. The number of thioether (sulfide) groups is 1. The lowest BCUT2D eigenvalue weighted by Gasteiger charge is -2.52. The van der Waals surface area contributed by atoms with Crippen LogP contribution >= 0.6 is 61.1 Å². The number of carbonyl (C=O) groups is 6. The van der Waals surface area contributed by atoms with E-state index in [1.54, 1.807) is 0 Å². The number of nitrogens with one attached hydrogen (secondary N) is 5. The second kappa shape index (κ2) is 54.6. The van der Waals surface area contributed by atoms with Gasteiger partial charge in [0.05, 0.1) is 43.8 Å². The summed E-state index contributed by atoms with van der Waals surface area (Å²) >= 11 is 0.460. The van der Waals surface area contributed by atoms with Crippen LogP contribution in [0.5, 0.6) is 0 Å². The Labute approximate surface area is 728 Å². The Bertz CT molecular complexity index is 3580. The van der Waals surface area contributed by atoms with Gasteiger partial charge in [-0.25, -0.2) is 30.0 Å². The van der Waals surface area contributed by atoms with Gasteiger partial charge in [0, 0.05) is 93.1 Å². The van der Waals surface area contributed by atoms with E-state index in [0.29, 0.717) is 56.7 Å². The molecular weight excluding hydrogens is 1870 g/mol. The van der Waals surface area contributed by atoms with Gasteiger partial charge in [-0.1, -0.05) is 19.3 Å². The van der Waals surface area contributed by atoms with Crippen molar-refractivity contribution in [2.75, 3.05) is 88.4 Å². The Balaban J connectivity index is 1.09. The molecule has 720 valence electrons. The molecule has 124 heavy (non-hydrogen) atoms. The standard InChI is InChI=1S/C59H99N5O52S8/c1-86-36-27(22-93-122(77,78)79)96-54(35(39(36)87-2)63-33(67)19-11-9-15-21-60-31(65)17-10-8-14-20-61-32(66)18-13-12-16-30-34-26(25-117-30)62-59(72)64-34)101-42-40(88-3)48(90-5)56(103-46(42)52(68)69)100-38-29(24-95-124(83,84)85)98-58(51(108-121-116-112-76)45(38)106-119-114-110-74)102-43-41(89-4)49(91-6)57(104-47(43)53(70)71)99-37-28(23-94-123(80,81)82)97-55(92-7)50(107-120-115-111-75)44(37)105-118-113-109-73/h26-30,34-51,54-58,73-76H,8-25H2,1-7H3,(H,60,65)(H,61,66)(H,63,67)(H,68,69)(H,70,71)(H2,62,64,72)(H,77,78,79)(H,80,81,82)(H,83,84,85)/p-9/t26?,27?,28?,29-,30?,34?,35?,36+,37+,38-,39-,40+,41?,42-,43+,44+,45?,46?,47-,48?,49?,50?,51?,54+,55-,56-,57+,58-/m1/s1. The summed E-state index contributed by atoms with van der Waals surface area (Å²) in [5, 5.41) is 99.5. The lowest BCUT2D eigenvalue weighted by Crippen LogP contribution is -2.71. The average Bonchev–Trinajstić information content (AvgIpc) is 0.937. The third-order valence-electron chi connectivity index (χ3n) is 19.5. The zero-order valence-corrected chi connectivity index (χ0v) is 72.4. The number of fused-ring (bicyclic) bond motifs is 1. The van der Waals surface area contributed by atoms with Gasteiger partial charge in [-0.2, -0.15) is 11.8 Å². The van der Waals surface area contributed by atoms with E-state index >= 15 is 0 Å². The quantitative estimate of drug-likeness (QED) is 0.00718. The fraction of sp³-hybridized carbons (Fsp3) is 0.898. The number of aliphatic carboxylic acids is 2. The molecule has 0 aromatic heterocycles. The normalized spacial score (nSPS) is 33.5. The van der Waals surface area contributed by atoms with Crippen LogP contribution in [0.3, 0.4) is 0 Å². The topological polar surface area (TPSA) is 759 Å². The van der Waals surface area contributed by atoms with E-state index in [1.807, 2.05) is 11.8 Å². The second-order valence-corrected chi connectivity index (χ2v) is 33.2. The molecule has 0 radical (unpaired) electrons. The minimum Gasteiger partial charge on any atom is -0.726 e. The van der Waals surface area contributed by atoms with Crippen LogP contribution in [0, 0.1) is 0 Å². The van der Waals surface area contributed by atoms with Crippen molar-refractivity contribution in [1.29, 1.82) is 0 Å². The first-order valence-electron chi connectivity index (χ1n) is 36.7. The van der Waals surface area contributed by atoms with Crippen molar-refractivity contribution in [2.24, 2.45) is 0 Å². The number of ether oxygens (including phenoxy) is 16. The van der Waals surface area contributed by atoms with Crippen LogP contribution in [0.15, 0.2) is 0 Å². The summed E-state index contributed by atoms with van der Waals surface area (Å²) in [5.74, 6) is -4.68. The maximum Gasteiger partial charge on any atom is 0.315 e. The molecule has 0 saturated carbocycles. The van der Waals surface area contributed by atoms with Crippen LogP contribution in [-0.4, -0.2) is 334 Å². The predicted octanol–water partition coefficient (Wildman–Crippen LogP) is -9.93. The monoisotopic (exact) mass is 1960 g/mol. The third-order valence-corrected chi connectivity index (χ3v) is 23.9. The van der Waals surface area contributed by atoms with Gasteiger partial charge in [-0.05, 0) is 38.5 Å². The van der Waals surface area contributed by atoms with Gasteiger partial charge in [0.25, 0.3) is 0 Å². The van der Waals surface area contributed by atoms with Crippen LogP contribution in [0.1, 0.15) is 77.0 Å². The van der Waals surface area contributed by atoms with Gasteiger partial charge in [0.1, 0.15) is 110 Å². The van der Waals surface area contributed by atoms with Gasteiger partial charge in [0.2, 0.25) is 48.9 Å². The number of unbranched alkanes of at least 4 members (excludes halogenated alkanes) is 5. The van der Waals surface area contributed by atoms with Crippen LogP contribution in [0.25, 0.3) is 0 Å². The molecular formula is C59H90N5O52S8-9. The lowest BCUT2D eigenvalue weighted by molar-refractivity contribution is -0.778. The molecule has 7 fully saturated rings. The first-order valence-corrected chi connectivity index (χ1v) is 44.4. The Morgan fingerprint density at radius 2 is 0.790 bits per heavy atom. The van der Waals surface area contributed by atoms with Gasteiger partial charge in [-0.15, -0.1) is 17.3 Å². The maximum absolute atomic E-state index is 14.0. The van der Waals surface area contributed by atoms with Crippen molar-refractivity contribution in [2.45, 2.75) is 248 Å². The van der Waals surface area contributed by atoms with Crippen LogP contribution < -0.4 is 57.8 Å². The first-order chi connectivity index (χ1) is 59.2. The summed E-state index contributed by atoms with van der Waals surface area (Å²) in [6, 6.07) is -1.55. The number of hydrogen-bond acceptors (Lipinski definition) is 57. The Hall–Kier alpha value is -3.30. The molecule has 57 nitrogen and oxygen atoms in total. The summed E-state index contributed by atoms with van der Waals surface area (Å²) in [6.45, 7) is -3.38. The third kappa shape index (κ3) is 33.2. The summed E-state index contributed by atoms with van der Waals surface area (Å²) < 4.78 is 255. The molecule has 0 aromatic rings. The number of carbonyl (C=O) groups excluding carboxylic acids is 6. The van der Waals surface area contributed by atoms with Crippen LogP contribution in [0.4, 0.5) is 4.79 Å². The second-order valence-electron chi connectivity index (χ2n) is 26.9. The summed E-state index contributed by atoms with van der Waals surface area (Å²) in [5.41, 5.74) is 0. The molecule has 65 heteroatoms. The number of hydrogen-bond donors (Lipinski definition) is 5. The highest BCUT2D eigenvalue weighted by Gasteiger charge is 2.61. The fourth-order valence-electron chi connectivity index (χ4n) is 14.2. The van der Waals surface area contributed by atoms with E-state index in [2.05, 4.69) is 76.6 Å². The molecule has 28 atom stereocenters. The molecule has 0 aromatic carbocycles. The van der Waals surface area contributed by atoms with E-state index in [9.17, 15) is 98.9 Å². The number of methoxy groups -OCH3 is 7. The van der Waals surface area contributed by atoms with Gasteiger partial charge < -0.3 is 157 Å². The van der Waals surface area contributed by atoms with Crippen molar-refractivity contribution in [1.82, 2.24) is 26.6 Å². The Morgan fingerprint density at radius 1 is 0.419 bits per heavy atom. The SMILES string of the molecule is COC1C(OC)[C@H](O[C@H]2O[C@H](COS(=O)(=O)[O-])[C@@H](O[C@@H]3OC(C(=O)[O-])[C@H](O[C@@H]4OC(COS(=O)(=O)[O-])[C@H](OC)[C@H](OC)C4NC(=O)CCCCCNC(=O)CCCCCNC(=O)CCCCC4SCC5NC(=O)NC54)[C@H](OC)C3OC)C(OSOO[O-])C2OSOO[O-])[C@H](C(=O)[O-])O[C@@H]1O[C@H]1C(COS(=O)(=O)[O-])O[C@@H](OC)C(OSOO[O-])[C@H]1OSOO[O-]. The highest BCUT2D eigenvalue weighted by Crippen LogP contribution is 2.43. The van der Waals surface area contributed by atoms with Crippen molar-refractivity contribution in [3.63, 3.8) is 0 Å². The van der Waals surface area contributed by atoms with E-state index in [4.69, 9.17) is 92.5 Å². The summed E-state index contributed by atoms with van der Waals surface area (Å²) in [7, 11) is -10.2. The number of amides is 5. The molecule has 0 spiro atoms. The number of urea groups is 1. The average molecular weight is 1960 g/mol. The Kier molecular flexibility index (Phi) is 47.5. The lowest BCUT2D eigenvalue weighted by atomic mass is 9.94. The minimum absolute atomic E-state index is 0.0694. The highest BCUT2D eigenvalue weighted by molar-refractivity contribution is 8.00. The van der Waals surface area contributed by atoms with Gasteiger partial charge in [-0.3, -0.25) is 63.8 Å². The van der Waals surface area contributed by atoms with Gasteiger partial charge in [0.15, 0.2) is 93.0 Å². The van der Waals surface area contributed by atoms with Crippen molar-refractivity contribution in [3.05, 3.63) is 0 Å². The van der Waals surface area contributed by atoms with Crippen LogP contribution in [0.2, 0.25) is 0 Å². The first kappa shape index (κ1) is 108. The van der Waals surface area contributed by atoms with E-state index < -0.39 is 247 Å². The molecule has 7 saturated heterocycles. The van der Waals surface area contributed by atoms with Crippen molar-refractivity contribution in [3.8, 4) is 0 Å². The molecule has 13 unspecified atom stereocenters. The molecule has 0 bridgehead atoms. The predicted molar refractivity (Wildman–Crippen MR) is 379 cm³/mol. The van der Waals surface area contributed by atoms with Crippen molar-refractivity contribution < 1.29 is 241 Å². The molecule has 5 N–H and O–H groups in total. The van der Waals surface area contributed by atoms with Crippen molar-refractivity contribution >= 4 is 128 Å². The molecule has 7 aliphatic rings. The zero-order valence-electron chi connectivity index (χ0n) is 65.9. The van der Waals surface area contributed by atoms with E-state index in [-0.39, 0.29) is 80.4 Å². The maximum atomic E-state index is 14.0. The number of carboxylic acids is 2. The number of carboxylic acid groups (broad SMARTS) is 2.